The summed E-state index contributed by atoms with van der Waals surface area (Å²) in [6, 6.07) is 8.06. The van der Waals surface area contributed by atoms with E-state index in [0.717, 1.165) is 16.9 Å². The van der Waals surface area contributed by atoms with Crippen molar-refractivity contribution in [1.82, 2.24) is 0 Å². The largest absolute Gasteiger partial charge is 0.489 e. The first kappa shape index (κ1) is 23.9. The Balaban J connectivity index is 0.000000541. The zero-order valence-corrected chi connectivity index (χ0v) is 17.6. The molecule has 0 amide bonds. The van der Waals surface area contributed by atoms with E-state index >= 15 is 0 Å². The van der Waals surface area contributed by atoms with E-state index in [1.54, 1.807) is 6.08 Å². The standard InChI is InChI=1S/C15H18O.C9H18O/c1-4-6-9-14(5-2)12-16-15-10-7-8-13(3)11-15;1-7(2)8(3,4)9(5,6)10/h4-11H,1,12H2,2-3H3;10H,1H2,2-6H3/b9-6-,14-5+;. The van der Waals surface area contributed by atoms with Gasteiger partial charge in [0.2, 0.25) is 0 Å². The van der Waals surface area contributed by atoms with Crippen molar-refractivity contribution in [3.8, 4) is 5.75 Å². The van der Waals surface area contributed by atoms with Crippen LogP contribution in [0.3, 0.4) is 0 Å². The van der Waals surface area contributed by atoms with Crippen LogP contribution in [-0.2, 0) is 0 Å². The van der Waals surface area contributed by atoms with Gasteiger partial charge in [0.25, 0.3) is 0 Å². The lowest BCUT2D eigenvalue weighted by atomic mass is 9.73. The summed E-state index contributed by atoms with van der Waals surface area (Å²) in [6.45, 7) is 21.7. The van der Waals surface area contributed by atoms with Crippen LogP contribution in [0.25, 0.3) is 0 Å². The highest BCUT2D eigenvalue weighted by atomic mass is 16.5. The van der Waals surface area contributed by atoms with Crippen LogP contribution < -0.4 is 4.74 Å². The van der Waals surface area contributed by atoms with E-state index in [2.05, 4.69) is 26.1 Å². The van der Waals surface area contributed by atoms with Crippen molar-refractivity contribution in [3.05, 3.63) is 78.4 Å². The van der Waals surface area contributed by atoms with Crippen molar-refractivity contribution in [2.75, 3.05) is 6.61 Å². The Bertz CT molecular complexity index is 640. The molecule has 0 saturated carbocycles. The van der Waals surface area contributed by atoms with Crippen LogP contribution in [0.2, 0.25) is 0 Å². The van der Waals surface area contributed by atoms with E-state index in [0.29, 0.717) is 6.61 Å². The molecule has 1 aromatic rings. The molecule has 1 N–H and O–H groups in total. The Morgan fingerprint density at radius 1 is 1.23 bits per heavy atom. The summed E-state index contributed by atoms with van der Waals surface area (Å²) in [6.07, 6.45) is 7.71. The molecule has 0 bridgehead atoms. The maximum absolute atomic E-state index is 9.66. The van der Waals surface area contributed by atoms with Gasteiger partial charge >= 0.3 is 0 Å². The molecular formula is C24H36O2. The lowest BCUT2D eigenvalue weighted by Gasteiger charge is -2.37. The first-order valence-corrected chi connectivity index (χ1v) is 8.97. The highest BCUT2D eigenvalue weighted by molar-refractivity contribution is 5.29. The van der Waals surface area contributed by atoms with E-state index in [1.807, 2.05) is 78.0 Å². The first-order valence-electron chi connectivity index (χ1n) is 8.97. The molecular weight excluding hydrogens is 320 g/mol. The maximum atomic E-state index is 9.66. The van der Waals surface area contributed by atoms with Crippen LogP contribution in [0.15, 0.2) is 72.9 Å². The number of aryl methyl sites for hydroxylation is 1. The van der Waals surface area contributed by atoms with Gasteiger partial charge in [0, 0.05) is 5.41 Å². The summed E-state index contributed by atoms with van der Waals surface area (Å²) in [5.74, 6) is 0.909. The molecule has 1 rings (SSSR count). The second kappa shape index (κ2) is 10.8. The van der Waals surface area contributed by atoms with Crippen LogP contribution in [0, 0.1) is 12.3 Å². The third-order valence-electron chi connectivity index (χ3n) is 4.81. The molecule has 0 heterocycles. The van der Waals surface area contributed by atoms with Crippen LogP contribution >= 0.6 is 0 Å². The molecule has 0 aliphatic rings. The van der Waals surface area contributed by atoms with Crippen molar-refractivity contribution < 1.29 is 9.84 Å². The Morgan fingerprint density at radius 3 is 2.23 bits per heavy atom. The molecule has 1 aromatic carbocycles. The van der Waals surface area contributed by atoms with Gasteiger partial charge in [-0.05, 0) is 57.9 Å². The molecule has 26 heavy (non-hydrogen) atoms. The van der Waals surface area contributed by atoms with Gasteiger partial charge in [-0.3, -0.25) is 0 Å². The van der Waals surface area contributed by atoms with E-state index in [4.69, 9.17) is 4.74 Å². The molecule has 0 atom stereocenters. The predicted octanol–water partition coefficient (Wildman–Crippen LogP) is 6.42. The zero-order valence-electron chi connectivity index (χ0n) is 17.6. The summed E-state index contributed by atoms with van der Waals surface area (Å²) < 4.78 is 5.68. The smallest absolute Gasteiger partial charge is 0.120 e. The summed E-state index contributed by atoms with van der Waals surface area (Å²) in [7, 11) is 0. The van der Waals surface area contributed by atoms with Gasteiger partial charge in [-0.25, -0.2) is 0 Å². The third kappa shape index (κ3) is 8.35. The second-order valence-corrected chi connectivity index (χ2v) is 7.53. The fourth-order valence-corrected chi connectivity index (χ4v) is 1.81. The van der Waals surface area contributed by atoms with E-state index in [1.165, 1.54) is 5.56 Å². The normalized spacial score (nSPS) is 12.4. The molecule has 0 unspecified atom stereocenters. The summed E-state index contributed by atoms with van der Waals surface area (Å²) >= 11 is 0. The average Bonchev–Trinajstić information content (AvgIpc) is 2.54. The summed E-state index contributed by atoms with van der Waals surface area (Å²) in [5.41, 5.74) is 2.48. The van der Waals surface area contributed by atoms with E-state index in [9.17, 15) is 5.11 Å². The number of rotatable bonds is 7. The van der Waals surface area contributed by atoms with Crippen molar-refractivity contribution >= 4 is 0 Å². The third-order valence-corrected chi connectivity index (χ3v) is 4.81. The maximum Gasteiger partial charge on any atom is 0.120 e. The zero-order chi connectivity index (χ0) is 20.4. The molecule has 2 heteroatoms. The lowest BCUT2D eigenvalue weighted by molar-refractivity contribution is -0.0134. The Morgan fingerprint density at radius 2 is 1.85 bits per heavy atom. The quantitative estimate of drug-likeness (QED) is 0.451. The van der Waals surface area contributed by atoms with Crippen LogP contribution in [0.1, 0.15) is 47.1 Å². The fourth-order valence-electron chi connectivity index (χ4n) is 1.81. The molecule has 144 valence electrons. The van der Waals surface area contributed by atoms with Gasteiger partial charge in [-0.15, -0.1) is 0 Å². The molecule has 2 nitrogen and oxygen atoms in total. The average molecular weight is 357 g/mol. The summed E-state index contributed by atoms with van der Waals surface area (Å²) in [4.78, 5) is 0. The van der Waals surface area contributed by atoms with Gasteiger partial charge in [0.05, 0.1) is 5.60 Å². The highest BCUT2D eigenvalue weighted by Gasteiger charge is 2.35. The van der Waals surface area contributed by atoms with E-state index < -0.39 is 5.60 Å². The Labute approximate surface area is 160 Å². The fraction of sp³-hybridized carbons (Fsp3) is 0.417. The van der Waals surface area contributed by atoms with Gasteiger partial charge < -0.3 is 9.84 Å². The van der Waals surface area contributed by atoms with Crippen molar-refractivity contribution in [1.29, 1.82) is 0 Å². The van der Waals surface area contributed by atoms with Gasteiger partial charge in [0.15, 0.2) is 0 Å². The minimum atomic E-state index is -0.682. The number of aliphatic hydroxyl groups is 1. The van der Waals surface area contributed by atoms with Crippen LogP contribution in [0.5, 0.6) is 5.75 Å². The minimum absolute atomic E-state index is 0.201. The Hall–Kier alpha value is -2.06. The molecule has 0 aliphatic carbocycles. The minimum Gasteiger partial charge on any atom is -0.489 e. The highest BCUT2D eigenvalue weighted by Crippen LogP contribution is 2.36. The number of benzene rings is 1. The molecule has 0 aliphatic heterocycles. The first-order chi connectivity index (χ1) is 12.0. The predicted molar refractivity (Wildman–Crippen MR) is 115 cm³/mol. The SMILES string of the molecule is C=C(C)C(C)(C)C(C)(C)O.C=C/C=C\C(=C/C)COc1cccc(C)c1. The molecule has 0 spiro atoms. The number of allylic oxidation sites excluding steroid dienone is 3. The number of hydrogen-bond donors (Lipinski definition) is 1. The van der Waals surface area contributed by atoms with Gasteiger partial charge in [-0.2, -0.15) is 0 Å². The van der Waals surface area contributed by atoms with Crippen molar-refractivity contribution in [3.63, 3.8) is 0 Å². The van der Waals surface area contributed by atoms with Gasteiger partial charge in [-0.1, -0.05) is 69.0 Å². The van der Waals surface area contributed by atoms with Crippen molar-refractivity contribution in [2.24, 2.45) is 5.41 Å². The summed E-state index contributed by atoms with van der Waals surface area (Å²) in [5, 5.41) is 9.66. The molecule has 0 saturated heterocycles. The number of hydrogen-bond acceptors (Lipinski definition) is 2. The van der Waals surface area contributed by atoms with Crippen molar-refractivity contribution in [2.45, 2.75) is 54.1 Å². The topological polar surface area (TPSA) is 29.5 Å². The van der Waals surface area contributed by atoms with Crippen LogP contribution in [0.4, 0.5) is 0 Å². The lowest BCUT2D eigenvalue weighted by Crippen LogP contribution is -2.39. The second-order valence-electron chi connectivity index (χ2n) is 7.53. The molecule has 0 fully saturated rings. The molecule has 0 aromatic heterocycles. The Kier molecular flexibility index (Phi) is 9.97. The van der Waals surface area contributed by atoms with Gasteiger partial charge in [0.1, 0.15) is 12.4 Å². The van der Waals surface area contributed by atoms with Crippen LogP contribution in [-0.4, -0.2) is 17.3 Å². The molecule has 0 radical (unpaired) electrons. The van der Waals surface area contributed by atoms with E-state index in [-0.39, 0.29) is 5.41 Å². The number of ether oxygens (including phenoxy) is 1. The monoisotopic (exact) mass is 356 g/mol.